The van der Waals surface area contributed by atoms with Gasteiger partial charge in [0.25, 0.3) is 5.91 Å². The number of carbonyl (C=O) groups is 1. The Morgan fingerprint density at radius 2 is 2.00 bits per heavy atom. The van der Waals surface area contributed by atoms with Gasteiger partial charge in [-0.05, 0) is 43.4 Å². The molecule has 7 heteroatoms. The Kier molecular flexibility index (Phi) is 7.36. The highest BCUT2D eigenvalue weighted by atomic mass is 32.2. The van der Waals surface area contributed by atoms with E-state index in [1.807, 2.05) is 18.2 Å². The van der Waals surface area contributed by atoms with Crippen LogP contribution in [-0.2, 0) is 15.9 Å². The van der Waals surface area contributed by atoms with Gasteiger partial charge in [-0.3, -0.25) is 4.79 Å². The summed E-state index contributed by atoms with van der Waals surface area (Å²) in [7, 11) is 0. The minimum absolute atomic E-state index is 0.0340. The molecule has 0 aliphatic carbocycles. The normalized spacial score (nSPS) is 18.8. The van der Waals surface area contributed by atoms with Gasteiger partial charge in [-0.1, -0.05) is 44.7 Å². The molecular weight excluding hydrogens is 420 g/mol. The average Bonchev–Trinajstić information content (AvgIpc) is 3.50. The van der Waals surface area contributed by atoms with E-state index in [1.54, 1.807) is 11.8 Å². The quantitative estimate of drug-likeness (QED) is 0.488. The van der Waals surface area contributed by atoms with Crippen molar-refractivity contribution >= 4 is 23.5 Å². The fourth-order valence-electron chi connectivity index (χ4n) is 4.03. The third-order valence-electron chi connectivity index (χ3n) is 5.96. The Balaban J connectivity index is 1.43. The third kappa shape index (κ3) is 6.01. The van der Waals surface area contributed by atoms with Crippen molar-refractivity contribution in [3.8, 4) is 0 Å². The molecule has 1 amide bonds. The van der Waals surface area contributed by atoms with E-state index >= 15 is 0 Å². The fourth-order valence-corrected chi connectivity index (χ4v) is 4.83. The van der Waals surface area contributed by atoms with Crippen LogP contribution >= 0.6 is 11.8 Å². The number of anilines is 1. The number of hydrogen-bond acceptors (Lipinski definition) is 6. The molecule has 0 radical (unpaired) electrons. The molecule has 2 aliphatic rings. The maximum absolute atomic E-state index is 12.6. The molecule has 172 valence electrons. The number of benzene rings is 1. The van der Waals surface area contributed by atoms with Gasteiger partial charge in [-0.15, -0.1) is 0 Å². The number of nitrogens with zero attached hydrogens (tertiary/aromatic N) is 3. The summed E-state index contributed by atoms with van der Waals surface area (Å²) in [4.78, 5) is 24.6. The van der Waals surface area contributed by atoms with Crippen LogP contribution in [0.2, 0.25) is 0 Å². The molecule has 32 heavy (non-hydrogen) atoms. The molecule has 0 bridgehead atoms. The van der Waals surface area contributed by atoms with Gasteiger partial charge in [0.05, 0.1) is 11.8 Å². The highest BCUT2D eigenvalue weighted by Crippen LogP contribution is 2.29. The van der Waals surface area contributed by atoms with Crippen molar-refractivity contribution in [1.82, 2.24) is 15.3 Å². The lowest BCUT2D eigenvalue weighted by molar-refractivity contribution is 0.0857. The van der Waals surface area contributed by atoms with Crippen LogP contribution < -0.4 is 10.2 Å². The van der Waals surface area contributed by atoms with E-state index in [4.69, 9.17) is 14.7 Å². The van der Waals surface area contributed by atoms with E-state index in [1.165, 1.54) is 12.8 Å². The maximum atomic E-state index is 12.6. The van der Waals surface area contributed by atoms with E-state index in [0.29, 0.717) is 12.1 Å². The Labute approximate surface area is 195 Å². The molecule has 4 rings (SSSR count). The summed E-state index contributed by atoms with van der Waals surface area (Å²) < 4.78 is 5.60. The van der Waals surface area contributed by atoms with Crippen LogP contribution in [0.25, 0.3) is 0 Å². The number of ether oxygens (including phenoxy) is 1. The first-order valence-electron chi connectivity index (χ1n) is 11.6. The molecule has 1 atom stereocenters. The van der Waals surface area contributed by atoms with Gasteiger partial charge in [-0.25, -0.2) is 9.97 Å². The van der Waals surface area contributed by atoms with Crippen molar-refractivity contribution in [3.05, 3.63) is 47.2 Å². The van der Waals surface area contributed by atoms with Crippen LogP contribution in [-0.4, -0.2) is 48.2 Å². The van der Waals surface area contributed by atoms with E-state index in [0.717, 1.165) is 60.5 Å². The molecule has 1 N–H and O–H groups in total. The minimum atomic E-state index is -0.0466. The molecule has 2 fully saturated rings. The molecule has 2 aliphatic heterocycles. The van der Waals surface area contributed by atoms with Gasteiger partial charge < -0.3 is 15.0 Å². The van der Waals surface area contributed by atoms with Crippen LogP contribution in [0.4, 0.5) is 5.82 Å². The molecule has 2 saturated heterocycles. The molecule has 0 unspecified atom stereocenters. The standard InChI is InChI=1S/C25H34N4O2S/c1-25(2,3)21-15-22(29-11-4-5-12-29)28-24(27-21)32-17-18-8-6-9-19(14-18)23(30)26-16-20-10-7-13-31-20/h6,8-9,14-15,20H,4-5,7,10-13,16-17H2,1-3H3,(H,26,30)/t20-/m1/s1. The molecule has 0 spiro atoms. The van der Waals surface area contributed by atoms with Crippen LogP contribution in [0, 0.1) is 0 Å². The van der Waals surface area contributed by atoms with E-state index in [-0.39, 0.29) is 17.4 Å². The van der Waals surface area contributed by atoms with Gasteiger partial charge in [0.15, 0.2) is 5.16 Å². The topological polar surface area (TPSA) is 67.4 Å². The van der Waals surface area contributed by atoms with Gasteiger partial charge in [0.1, 0.15) is 5.82 Å². The van der Waals surface area contributed by atoms with Crippen LogP contribution in [0.3, 0.4) is 0 Å². The molecule has 2 aromatic rings. The van der Waals surface area contributed by atoms with Crippen LogP contribution in [0.5, 0.6) is 0 Å². The Morgan fingerprint density at radius 1 is 1.19 bits per heavy atom. The van der Waals surface area contributed by atoms with Crippen molar-refractivity contribution in [2.75, 3.05) is 31.1 Å². The van der Waals surface area contributed by atoms with Gasteiger partial charge in [0.2, 0.25) is 0 Å². The second-order valence-electron chi connectivity index (χ2n) is 9.67. The maximum Gasteiger partial charge on any atom is 0.251 e. The predicted molar refractivity (Wildman–Crippen MR) is 129 cm³/mol. The molecule has 3 heterocycles. The number of hydrogen-bond donors (Lipinski definition) is 1. The number of carbonyl (C=O) groups excluding carboxylic acids is 1. The van der Waals surface area contributed by atoms with Crippen molar-refractivity contribution in [2.45, 2.75) is 68.9 Å². The highest BCUT2D eigenvalue weighted by Gasteiger charge is 2.22. The van der Waals surface area contributed by atoms with Crippen molar-refractivity contribution < 1.29 is 9.53 Å². The number of amides is 1. The zero-order chi connectivity index (χ0) is 22.6. The largest absolute Gasteiger partial charge is 0.376 e. The Bertz CT molecular complexity index is 932. The summed E-state index contributed by atoms with van der Waals surface area (Å²) in [6.45, 7) is 10.1. The van der Waals surface area contributed by atoms with Crippen LogP contribution in [0.1, 0.15) is 68.1 Å². The average molecular weight is 455 g/mol. The minimum Gasteiger partial charge on any atom is -0.376 e. The fraction of sp³-hybridized carbons (Fsp3) is 0.560. The first-order valence-corrected chi connectivity index (χ1v) is 12.6. The molecular formula is C25H34N4O2S. The van der Waals surface area contributed by atoms with Gasteiger partial charge in [-0.2, -0.15) is 0 Å². The zero-order valence-electron chi connectivity index (χ0n) is 19.4. The van der Waals surface area contributed by atoms with E-state index in [2.05, 4.69) is 43.1 Å². The highest BCUT2D eigenvalue weighted by molar-refractivity contribution is 7.98. The molecule has 0 saturated carbocycles. The first-order chi connectivity index (χ1) is 15.4. The summed E-state index contributed by atoms with van der Waals surface area (Å²) in [5, 5.41) is 3.80. The second kappa shape index (κ2) is 10.2. The monoisotopic (exact) mass is 454 g/mol. The molecule has 1 aromatic carbocycles. The SMILES string of the molecule is CC(C)(C)c1cc(N2CCCC2)nc(SCc2cccc(C(=O)NC[C@H]3CCCO3)c2)n1. The first kappa shape index (κ1) is 23.1. The molecule has 1 aromatic heterocycles. The van der Waals surface area contributed by atoms with E-state index < -0.39 is 0 Å². The Morgan fingerprint density at radius 3 is 2.72 bits per heavy atom. The molecule has 6 nitrogen and oxygen atoms in total. The third-order valence-corrected chi connectivity index (χ3v) is 6.88. The summed E-state index contributed by atoms with van der Waals surface area (Å²) in [5.74, 6) is 1.71. The van der Waals surface area contributed by atoms with Gasteiger partial charge >= 0.3 is 0 Å². The summed E-state index contributed by atoms with van der Waals surface area (Å²) in [6, 6.07) is 9.97. The van der Waals surface area contributed by atoms with Crippen molar-refractivity contribution in [1.29, 1.82) is 0 Å². The van der Waals surface area contributed by atoms with E-state index in [9.17, 15) is 4.79 Å². The van der Waals surface area contributed by atoms with Crippen molar-refractivity contribution in [3.63, 3.8) is 0 Å². The lowest BCUT2D eigenvalue weighted by Crippen LogP contribution is -2.31. The number of thioether (sulfide) groups is 1. The number of aromatic nitrogens is 2. The number of rotatable bonds is 7. The number of nitrogens with one attached hydrogen (secondary N) is 1. The smallest absolute Gasteiger partial charge is 0.251 e. The van der Waals surface area contributed by atoms with Crippen molar-refractivity contribution in [2.24, 2.45) is 0 Å². The summed E-state index contributed by atoms with van der Waals surface area (Å²) in [6.07, 6.45) is 4.68. The van der Waals surface area contributed by atoms with Gasteiger partial charge in [0, 0.05) is 49.0 Å². The predicted octanol–water partition coefficient (Wildman–Crippen LogP) is 4.58. The van der Waals surface area contributed by atoms with Crippen LogP contribution in [0.15, 0.2) is 35.5 Å². The summed E-state index contributed by atoms with van der Waals surface area (Å²) >= 11 is 1.63. The lowest BCUT2D eigenvalue weighted by atomic mass is 9.92. The zero-order valence-corrected chi connectivity index (χ0v) is 20.2. The second-order valence-corrected chi connectivity index (χ2v) is 10.6. The Hall–Kier alpha value is -2.12. The summed E-state index contributed by atoms with van der Waals surface area (Å²) in [5.41, 5.74) is 2.81. The lowest BCUT2D eigenvalue weighted by Gasteiger charge is -2.23.